The molecule has 0 spiro atoms. The minimum Gasteiger partial charge on any atom is -0.462 e. The Morgan fingerprint density at radius 2 is 0.947 bits per heavy atom. The number of allylic oxidation sites excluding steroid dienone is 4. The molecule has 10 heteroatoms. The Balaban J connectivity index is 2.27. The second-order valence-corrected chi connectivity index (χ2v) is 16.2. The molecule has 6 atom stereocenters. The highest BCUT2D eigenvalue weighted by molar-refractivity contribution is 5.70. The Kier molecular flexibility index (Phi) is 35.8. The Morgan fingerprint density at radius 1 is 0.526 bits per heavy atom. The number of carbonyl (C=O) groups is 2. The molecule has 1 aliphatic rings. The Bertz CT molecular complexity index is 985. The Morgan fingerprint density at radius 3 is 1.42 bits per heavy atom. The van der Waals surface area contributed by atoms with Gasteiger partial charge in [-0.2, -0.15) is 0 Å². The second-order valence-electron chi connectivity index (χ2n) is 16.2. The van der Waals surface area contributed by atoms with Crippen LogP contribution in [0.2, 0.25) is 0 Å². The first-order chi connectivity index (χ1) is 27.8. The van der Waals surface area contributed by atoms with Crippen LogP contribution in [-0.2, 0) is 28.5 Å². The molecule has 0 bridgehead atoms. The molecule has 334 valence electrons. The molecular formula is C47H86O10. The molecule has 1 saturated heterocycles. The standard InChI is InChI=1S/C47H86O10/c1-3-5-7-9-11-13-15-16-17-18-19-20-21-22-23-24-26-28-30-32-34-36-43(50)56-40(39-55-47-46(53)45(52)44(51)41(37-48)57-47)38-54-42(49)35-33-31-29-27-25-14-12-10-8-6-4-2/h10,12,18-19,40-41,44-48,51-53H,3-9,11,13-17,20-39H2,1-2H3/b12-10-,19-18-. The maximum Gasteiger partial charge on any atom is 0.306 e. The molecule has 0 aromatic carbocycles. The van der Waals surface area contributed by atoms with Crippen LogP contribution in [0.4, 0.5) is 0 Å². The van der Waals surface area contributed by atoms with Crippen molar-refractivity contribution in [2.24, 2.45) is 0 Å². The van der Waals surface area contributed by atoms with Crippen LogP contribution in [0.25, 0.3) is 0 Å². The highest BCUT2D eigenvalue weighted by atomic mass is 16.7. The van der Waals surface area contributed by atoms with E-state index in [1.807, 2.05) is 0 Å². The summed E-state index contributed by atoms with van der Waals surface area (Å²) in [6, 6.07) is 0. The highest BCUT2D eigenvalue weighted by Gasteiger charge is 2.44. The third-order valence-corrected chi connectivity index (χ3v) is 10.8. The molecule has 0 aromatic heterocycles. The number of ether oxygens (including phenoxy) is 4. The lowest BCUT2D eigenvalue weighted by molar-refractivity contribution is -0.305. The molecule has 0 radical (unpaired) electrons. The van der Waals surface area contributed by atoms with E-state index >= 15 is 0 Å². The zero-order valence-electron chi connectivity index (χ0n) is 36.3. The van der Waals surface area contributed by atoms with Crippen LogP contribution >= 0.6 is 0 Å². The summed E-state index contributed by atoms with van der Waals surface area (Å²) >= 11 is 0. The third kappa shape index (κ3) is 30.0. The molecule has 6 unspecified atom stereocenters. The minimum absolute atomic E-state index is 0.220. The van der Waals surface area contributed by atoms with Gasteiger partial charge in [-0.3, -0.25) is 9.59 Å². The number of esters is 2. The van der Waals surface area contributed by atoms with Gasteiger partial charge in [-0.1, -0.05) is 160 Å². The van der Waals surface area contributed by atoms with E-state index < -0.39 is 49.4 Å². The molecule has 0 aliphatic carbocycles. The van der Waals surface area contributed by atoms with Crippen LogP contribution in [0.5, 0.6) is 0 Å². The van der Waals surface area contributed by atoms with Gasteiger partial charge in [-0.15, -0.1) is 0 Å². The molecule has 0 saturated carbocycles. The van der Waals surface area contributed by atoms with Crippen LogP contribution in [0.1, 0.15) is 206 Å². The van der Waals surface area contributed by atoms with Crippen molar-refractivity contribution in [1.82, 2.24) is 0 Å². The van der Waals surface area contributed by atoms with Gasteiger partial charge >= 0.3 is 11.9 Å². The van der Waals surface area contributed by atoms with E-state index in [0.29, 0.717) is 12.8 Å². The van der Waals surface area contributed by atoms with Crippen LogP contribution in [-0.4, -0.2) is 89.0 Å². The first-order valence-corrected chi connectivity index (χ1v) is 23.4. The van der Waals surface area contributed by atoms with E-state index in [9.17, 15) is 30.0 Å². The molecule has 1 heterocycles. The van der Waals surface area contributed by atoms with Gasteiger partial charge in [0.25, 0.3) is 0 Å². The quantitative estimate of drug-likeness (QED) is 0.0268. The van der Waals surface area contributed by atoms with Crippen molar-refractivity contribution in [2.45, 2.75) is 243 Å². The van der Waals surface area contributed by atoms with Crippen LogP contribution in [0.15, 0.2) is 24.3 Å². The molecule has 1 aliphatic heterocycles. The largest absolute Gasteiger partial charge is 0.462 e. The topological polar surface area (TPSA) is 152 Å². The number of carbonyl (C=O) groups excluding carboxylic acids is 2. The van der Waals surface area contributed by atoms with E-state index in [1.54, 1.807) is 0 Å². The molecule has 57 heavy (non-hydrogen) atoms. The lowest BCUT2D eigenvalue weighted by Crippen LogP contribution is -2.59. The average Bonchev–Trinajstić information content (AvgIpc) is 3.21. The van der Waals surface area contributed by atoms with Crippen molar-refractivity contribution < 1.29 is 49.0 Å². The predicted molar refractivity (Wildman–Crippen MR) is 229 cm³/mol. The number of unbranched alkanes of at least 4 members (excludes halogenated alkanes) is 24. The summed E-state index contributed by atoms with van der Waals surface area (Å²) in [5.74, 6) is -0.815. The summed E-state index contributed by atoms with van der Waals surface area (Å²) in [6.45, 7) is 3.38. The molecule has 1 rings (SSSR count). The summed E-state index contributed by atoms with van der Waals surface area (Å²) in [6.07, 6.45) is 34.8. The van der Waals surface area contributed by atoms with Crippen LogP contribution in [0, 0.1) is 0 Å². The maximum atomic E-state index is 12.8. The van der Waals surface area contributed by atoms with E-state index in [4.69, 9.17) is 18.9 Å². The lowest BCUT2D eigenvalue weighted by atomic mass is 9.99. The van der Waals surface area contributed by atoms with Crippen molar-refractivity contribution in [3.8, 4) is 0 Å². The van der Waals surface area contributed by atoms with Crippen molar-refractivity contribution in [2.75, 3.05) is 19.8 Å². The van der Waals surface area contributed by atoms with Crippen molar-refractivity contribution in [3.05, 3.63) is 24.3 Å². The number of aliphatic hydroxyl groups excluding tert-OH is 4. The van der Waals surface area contributed by atoms with Gasteiger partial charge in [-0.25, -0.2) is 0 Å². The van der Waals surface area contributed by atoms with Gasteiger partial charge < -0.3 is 39.4 Å². The third-order valence-electron chi connectivity index (χ3n) is 10.8. The number of hydrogen-bond acceptors (Lipinski definition) is 10. The van der Waals surface area contributed by atoms with E-state index in [0.717, 1.165) is 57.8 Å². The first-order valence-electron chi connectivity index (χ1n) is 23.4. The molecule has 0 aromatic rings. The maximum absolute atomic E-state index is 12.8. The van der Waals surface area contributed by atoms with Gasteiger partial charge in [0, 0.05) is 12.8 Å². The van der Waals surface area contributed by atoms with Gasteiger partial charge in [0.05, 0.1) is 13.2 Å². The monoisotopic (exact) mass is 811 g/mol. The molecule has 0 amide bonds. The zero-order chi connectivity index (χ0) is 41.6. The molecule has 10 nitrogen and oxygen atoms in total. The highest BCUT2D eigenvalue weighted by Crippen LogP contribution is 2.23. The predicted octanol–water partition coefficient (Wildman–Crippen LogP) is 10.1. The summed E-state index contributed by atoms with van der Waals surface area (Å²) in [4.78, 5) is 25.3. The SMILES string of the molecule is CCCC/C=C\CCCCCCCC(=O)OCC(COC1OC(CO)C(O)C(O)C1O)OC(=O)CCCCCCCCCCC/C=C\CCCCCCCCCC. The molecule has 1 fully saturated rings. The van der Waals surface area contributed by atoms with Crippen LogP contribution in [0.3, 0.4) is 0 Å². The normalized spacial score (nSPS) is 20.4. The van der Waals surface area contributed by atoms with E-state index in [-0.39, 0.29) is 32.0 Å². The van der Waals surface area contributed by atoms with E-state index in [1.165, 1.54) is 109 Å². The lowest BCUT2D eigenvalue weighted by Gasteiger charge is -2.39. The first kappa shape index (κ1) is 53.2. The minimum atomic E-state index is -1.59. The van der Waals surface area contributed by atoms with Gasteiger partial charge in [0.1, 0.15) is 31.0 Å². The second kappa shape index (κ2) is 38.4. The van der Waals surface area contributed by atoms with Crippen molar-refractivity contribution >= 4 is 11.9 Å². The summed E-state index contributed by atoms with van der Waals surface area (Å²) in [7, 11) is 0. The van der Waals surface area contributed by atoms with Gasteiger partial charge in [0.15, 0.2) is 12.4 Å². The fraction of sp³-hybridized carbons (Fsp3) is 0.872. The molecular weight excluding hydrogens is 725 g/mol. The fourth-order valence-electron chi connectivity index (χ4n) is 7.05. The fourth-order valence-corrected chi connectivity index (χ4v) is 7.05. The number of hydrogen-bond donors (Lipinski definition) is 4. The number of aliphatic hydroxyl groups is 4. The Labute approximate surface area is 347 Å². The number of rotatable bonds is 39. The van der Waals surface area contributed by atoms with Crippen molar-refractivity contribution in [1.29, 1.82) is 0 Å². The average molecular weight is 811 g/mol. The van der Waals surface area contributed by atoms with E-state index in [2.05, 4.69) is 38.2 Å². The summed E-state index contributed by atoms with van der Waals surface area (Å²) < 4.78 is 22.1. The Hall–Kier alpha value is -1.82. The van der Waals surface area contributed by atoms with Gasteiger partial charge in [-0.05, 0) is 57.8 Å². The zero-order valence-corrected chi connectivity index (χ0v) is 36.3. The molecule has 4 N–H and O–H groups in total. The summed E-state index contributed by atoms with van der Waals surface area (Å²) in [5.41, 5.74) is 0. The van der Waals surface area contributed by atoms with Crippen LogP contribution < -0.4 is 0 Å². The van der Waals surface area contributed by atoms with Gasteiger partial charge in [0.2, 0.25) is 0 Å². The summed E-state index contributed by atoms with van der Waals surface area (Å²) in [5, 5.41) is 40.1. The smallest absolute Gasteiger partial charge is 0.306 e. The van der Waals surface area contributed by atoms with Crippen molar-refractivity contribution in [3.63, 3.8) is 0 Å².